The van der Waals surface area contributed by atoms with Gasteiger partial charge in [0.25, 0.3) is 0 Å². The van der Waals surface area contributed by atoms with E-state index in [9.17, 15) is 9.00 Å². The smallest absolute Gasteiger partial charge is 0.303 e. The number of hydrogen-bond acceptors (Lipinski definition) is 3. The summed E-state index contributed by atoms with van der Waals surface area (Å²) in [6.07, 6.45) is 3.00. The Kier molecular flexibility index (Phi) is 3.91. The fourth-order valence-electron chi connectivity index (χ4n) is 2.82. The highest BCUT2D eigenvalue weighted by molar-refractivity contribution is 8.01. The molecular weight excluding hydrogens is 292 g/mol. The van der Waals surface area contributed by atoms with Gasteiger partial charge in [0.05, 0.1) is 6.42 Å². The highest BCUT2D eigenvalue weighted by Crippen LogP contribution is 2.49. The van der Waals surface area contributed by atoms with Gasteiger partial charge in [0.2, 0.25) is 0 Å². The number of thioether (sulfide) groups is 1. The molecule has 3 rings (SSSR count). The molecule has 0 aromatic heterocycles. The Hall–Kier alpha value is -0.810. The lowest BCUT2D eigenvalue weighted by Gasteiger charge is -2.14. The third-order valence-electron chi connectivity index (χ3n) is 4.04. The van der Waals surface area contributed by atoms with Crippen LogP contribution in [0.15, 0.2) is 29.2 Å². The summed E-state index contributed by atoms with van der Waals surface area (Å²) >= 11 is 1.82. The molecule has 108 valence electrons. The molecule has 1 fully saturated rings. The SMILES string of the molecule is O=C(O)CC1(CS(=O)CC2Cc3ccccc3S2)CC1. The molecule has 1 saturated carbocycles. The van der Waals surface area contributed by atoms with Gasteiger partial charge in [0, 0.05) is 32.5 Å². The molecule has 2 atom stereocenters. The molecule has 3 nitrogen and oxygen atoms in total. The van der Waals surface area contributed by atoms with Crippen LogP contribution in [0.5, 0.6) is 0 Å². The molecule has 2 aliphatic rings. The molecule has 1 aliphatic carbocycles. The minimum absolute atomic E-state index is 0.160. The van der Waals surface area contributed by atoms with Crippen molar-refractivity contribution in [3.63, 3.8) is 0 Å². The molecule has 1 aliphatic heterocycles. The van der Waals surface area contributed by atoms with E-state index in [0.29, 0.717) is 16.8 Å². The summed E-state index contributed by atoms with van der Waals surface area (Å²) in [7, 11) is -0.906. The van der Waals surface area contributed by atoms with Gasteiger partial charge in [-0.25, -0.2) is 0 Å². The van der Waals surface area contributed by atoms with Gasteiger partial charge in [-0.3, -0.25) is 9.00 Å². The molecule has 2 unspecified atom stereocenters. The molecule has 0 saturated heterocycles. The number of carbonyl (C=O) groups is 1. The van der Waals surface area contributed by atoms with Crippen molar-refractivity contribution < 1.29 is 14.1 Å². The molecule has 0 bridgehead atoms. The van der Waals surface area contributed by atoms with Crippen molar-refractivity contribution in [2.75, 3.05) is 11.5 Å². The molecule has 20 heavy (non-hydrogen) atoms. The number of hydrogen-bond donors (Lipinski definition) is 1. The van der Waals surface area contributed by atoms with E-state index in [2.05, 4.69) is 12.1 Å². The standard InChI is InChI=1S/C15H18O3S2/c16-14(17)8-15(5-6-15)10-20(18)9-12-7-11-3-1-2-4-13(11)19-12/h1-4,12H,5-10H2,(H,16,17). The van der Waals surface area contributed by atoms with Crippen molar-refractivity contribution in [1.29, 1.82) is 0 Å². The highest BCUT2D eigenvalue weighted by Gasteiger charge is 2.45. The minimum atomic E-state index is -0.906. The van der Waals surface area contributed by atoms with Crippen molar-refractivity contribution in [1.82, 2.24) is 0 Å². The average molecular weight is 310 g/mol. The Balaban J connectivity index is 1.53. The number of carboxylic acid groups (broad SMARTS) is 1. The van der Waals surface area contributed by atoms with Crippen LogP contribution in [0.25, 0.3) is 0 Å². The molecule has 0 radical (unpaired) electrons. The van der Waals surface area contributed by atoms with E-state index in [1.165, 1.54) is 10.5 Å². The summed E-state index contributed by atoms with van der Waals surface area (Å²) in [4.78, 5) is 12.1. The topological polar surface area (TPSA) is 54.4 Å². The van der Waals surface area contributed by atoms with E-state index in [4.69, 9.17) is 5.11 Å². The van der Waals surface area contributed by atoms with Crippen LogP contribution in [0.1, 0.15) is 24.8 Å². The fraction of sp³-hybridized carbons (Fsp3) is 0.533. The third-order valence-corrected chi connectivity index (χ3v) is 7.27. The fourth-order valence-corrected chi connectivity index (χ4v) is 6.36. The second kappa shape index (κ2) is 5.53. The lowest BCUT2D eigenvalue weighted by Crippen LogP contribution is -2.22. The van der Waals surface area contributed by atoms with Crippen molar-refractivity contribution in [2.24, 2.45) is 5.41 Å². The predicted molar refractivity (Wildman–Crippen MR) is 81.6 cm³/mol. The normalized spacial score (nSPS) is 24.1. The number of rotatable bonds is 6. The van der Waals surface area contributed by atoms with Crippen molar-refractivity contribution in [3.8, 4) is 0 Å². The maximum Gasteiger partial charge on any atom is 0.303 e. The second-order valence-corrected chi connectivity index (χ2v) is 8.72. The Morgan fingerprint density at radius 1 is 1.40 bits per heavy atom. The van der Waals surface area contributed by atoms with E-state index < -0.39 is 16.8 Å². The summed E-state index contributed by atoms with van der Waals surface area (Å²) in [6.45, 7) is 0. The maximum atomic E-state index is 12.3. The van der Waals surface area contributed by atoms with Gasteiger partial charge < -0.3 is 5.11 Å². The highest BCUT2D eigenvalue weighted by atomic mass is 32.2. The Labute approximate surface area is 125 Å². The molecule has 5 heteroatoms. The monoisotopic (exact) mass is 310 g/mol. The van der Waals surface area contributed by atoms with Gasteiger partial charge in [0.15, 0.2) is 0 Å². The summed E-state index contributed by atoms with van der Waals surface area (Å²) in [6, 6.07) is 8.34. The van der Waals surface area contributed by atoms with Crippen LogP contribution >= 0.6 is 11.8 Å². The summed E-state index contributed by atoms with van der Waals surface area (Å²) in [5.74, 6) is 0.482. The molecule has 1 N–H and O–H groups in total. The lowest BCUT2D eigenvalue weighted by atomic mass is 10.1. The van der Waals surface area contributed by atoms with Gasteiger partial charge in [-0.2, -0.15) is 0 Å². The first-order chi connectivity index (χ1) is 9.56. The van der Waals surface area contributed by atoms with Gasteiger partial charge >= 0.3 is 5.97 Å². The molecule has 1 aromatic rings. The van der Waals surface area contributed by atoms with Crippen molar-refractivity contribution in [2.45, 2.75) is 35.8 Å². The minimum Gasteiger partial charge on any atom is -0.481 e. The van der Waals surface area contributed by atoms with Crippen LogP contribution in [0.2, 0.25) is 0 Å². The van der Waals surface area contributed by atoms with Crippen LogP contribution in [-0.2, 0) is 22.0 Å². The molecule has 0 spiro atoms. The van der Waals surface area contributed by atoms with Crippen LogP contribution in [0, 0.1) is 5.41 Å². The molecule has 1 aromatic carbocycles. The Morgan fingerprint density at radius 2 is 2.15 bits per heavy atom. The lowest BCUT2D eigenvalue weighted by molar-refractivity contribution is -0.138. The number of fused-ring (bicyclic) bond motifs is 1. The predicted octanol–water partition coefficient (Wildman–Crippen LogP) is 2.71. The quantitative estimate of drug-likeness (QED) is 0.878. The first-order valence-corrected chi connectivity index (χ1v) is 9.24. The number of carboxylic acids is 1. The van der Waals surface area contributed by atoms with Gasteiger partial charge in [-0.15, -0.1) is 11.8 Å². The van der Waals surface area contributed by atoms with Crippen LogP contribution in [-0.4, -0.2) is 32.0 Å². The largest absolute Gasteiger partial charge is 0.481 e. The zero-order chi connectivity index (χ0) is 14.2. The third kappa shape index (κ3) is 3.26. The van der Waals surface area contributed by atoms with Gasteiger partial charge in [-0.05, 0) is 36.3 Å². The molecule has 1 heterocycles. The van der Waals surface area contributed by atoms with E-state index in [0.717, 1.165) is 19.3 Å². The summed E-state index contributed by atoms with van der Waals surface area (Å²) in [5.41, 5.74) is 1.19. The van der Waals surface area contributed by atoms with E-state index >= 15 is 0 Å². The zero-order valence-electron chi connectivity index (χ0n) is 11.2. The van der Waals surface area contributed by atoms with Crippen molar-refractivity contribution >= 4 is 28.5 Å². The zero-order valence-corrected chi connectivity index (χ0v) is 12.8. The first kappa shape index (κ1) is 14.1. The van der Waals surface area contributed by atoms with Crippen molar-refractivity contribution in [3.05, 3.63) is 29.8 Å². The van der Waals surface area contributed by atoms with Crippen LogP contribution < -0.4 is 0 Å². The van der Waals surface area contributed by atoms with E-state index in [1.807, 2.05) is 23.9 Å². The van der Waals surface area contributed by atoms with Crippen LogP contribution in [0.4, 0.5) is 0 Å². The summed E-state index contributed by atoms with van der Waals surface area (Å²) in [5, 5.41) is 9.28. The Morgan fingerprint density at radius 3 is 2.80 bits per heavy atom. The second-order valence-electron chi connectivity index (χ2n) is 5.87. The van der Waals surface area contributed by atoms with Gasteiger partial charge in [-0.1, -0.05) is 18.2 Å². The van der Waals surface area contributed by atoms with E-state index in [-0.39, 0.29) is 11.8 Å². The number of aliphatic carboxylic acids is 1. The Bertz CT molecular complexity index is 527. The molecular formula is C15H18O3S2. The van der Waals surface area contributed by atoms with Crippen LogP contribution in [0.3, 0.4) is 0 Å². The maximum absolute atomic E-state index is 12.3. The van der Waals surface area contributed by atoms with E-state index in [1.54, 1.807) is 0 Å². The number of benzene rings is 1. The first-order valence-electron chi connectivity index (χ1n) is 6.88. The average Bonchev–Trinajstić information content (AvgIpc) is 2.98. The molecule has 0 amide bonds. The summed E-state index contributed by atoms with van der Waals surface area (Å²) < 4.78 is 12.3. The van der Waals surface area contributed by atoms with Gasteiger partial charge in [0.1, 0.15) is 0 Å².